The van der Waals surface area contributed by atoms with E-state index in [2.05, 4.69) is 15.6 Å². The van der Waals surface area contributed by atoms with E-state index in [-0.39, 0.29) is 35.7 Å². The largest absolute Gasteiger partial charge is 0.481 e. The zero-order valence-electron chi connectivity index (χ0n) is 19.7. The second-order valence-corrected chi connectivity index (χ2v) is 7.92. The molecule has 1 heterocycles. The number of rotatable bonds is 9. The maximum absolute atomic E-state index is 13.1. The number of carboxylic acids is 1. The molecule has 0 aliphatic carbocycles. The number of nitrogens with one attached hydrogen (secondary N) is 2. The second kappa shape index (κ2) is 11.4. The smallest absolute Gasteiger partial charge is 0.416 e. The number of benzene rings is 2. The van der Waals surface area contributed by atoms with E-state index in [9.17, 15) is 27.6 Å². The van der Waals surface area contributed by atoms with Crippen molar-refractivity contribution in [1.29, 1.82) is 0 Å². The minimum absolute atomic E-state index is 0.0250. The highest BCUT2D eigenvalue weighted by Crippen LogP contribution is 2.31. The van der Waals surface area contributed by atoms with Gasteiger partial charge in [-0.2, -0.15) is 13.2 Å². The number of aromatic nitrogens is 1. The fourth-order valence-corrected chi connectivity index (χ4v) is 3.41. The van der Waals surface area contributed by atoms with Crippen molar-refractivity contribution in [2.24, 2.45) is 5.73 Å². The van der Waals surface area contributed by atoms with Crippen molar-refractivity contribution >= 4 is 40.8 Å². The van der Waals surface area contributed by atoms with Crippen molar-refractivity contribution in [3.05, 3.63) is 77.5 Å². The Morgan fingerprint density at radius 2 is 1.65 bits per heavy atom. The van der Waals surface area contributed by atoms with E-state index in [1.165, 1.54) is 24.4 Å². The predicted molar refractivity (Wildman–Crippen MR) is 132 cm³/mol. The summed E-state index contributed by atoms with van der Waals surface area (Å²) in [6, 6.07) is 11.5. The fraction of sp³-hybridized carbons (Fsp3) is 0.200. The summed E-state index contributed by atoms with van der Waals surface area (Å²) in [7, 11) is 0. The van der Waals surface area contributed by atoms with Gasteiger partial charge in [0.15, 0.2) is 0 Å². The van der Waals surface area contributed by atoms with Gasteiger partial charge in [0, 0.05) is 36.6 Å². The fourth-order valence-electron chi connectivity index (χ4n) is 3.41. The van der Waals surface area contributed by atoms with Crippen molar-refractivity contribution in [3.63, 3.8) is 0 Å². The Balaban J connectivity index is 1.89. The lowest BCUT2D eigenvalue weighted by Crippen LogP contribution is -2.36. The van der Waals surface area contributed by atoms with Crippen LogP contribution in [0.4, 0.5) is 40.8 Å². The molecule has 0 saturated heterocycles. The van der Waals surface area contributed by atoms with Gasteiger partial charge in [-0.1, -0.05) is 12.1 Å². The first-order valence-corrected chi connectivity index (χ1v) is 11.1. The van der Waals surface area contributed by atoms with E-state index in [0.29, 0.717) is 12.1 Å². The molecule has 0 radical (unpaired) electrons. The molecule has 3 amide bonds. The Kier molecular flexibility index (Phi) is 8.33. The molecule has 1 aromatic heterocycles. The van der Waals surface area contributed by atoms with E-state index in [4.69, 9.17) is 10.8 Å². The van der Waals surface area contributed by atoms with E-state index in [1.807, 2.05) is 0 Å². The normalized spacial score (nSPS) is 11.0. The van der Waals surface area contributed by atoms with Gasteiger partial charge in [-0.05, 0) is 55.3 Å². The Morgan fingerprint density at radius 3 is 2.19 bits per heavy atom. The summed E-state index contributed by atoms with van der Waals surface area (Å²) in [5, 5.41) is 14.4. The minimum atomic E-state index is -4.50. The Labute approximate surface area is 210 Å². The van der Waals surface area contributed by atoms with Crippen molar-refractivity contribution in [3.8, 4) is 0 Å². The highest BCUT2D eigenvalue weighted by atomic mass is 19.4. The molecule has 0 aliphatic rings. The zero-order chi connectivity index (χ0) is 27.2. The summed E-state index contributed by atoms with van der Waals surface area (Å²) >= 11 is 0. The van der Waals surface area contributed by atoms with Gasteiger partial charge in [0.25, 0.3) is 5.91 Å². The molecule has 0 saturated carbocycles. The first kappa shape index (κ1) is 27.0. The maximum atomic E-state index is 13.1. The summed E-state index contributed by atoms with van der Waals surface area (Å²) in [6.07, 6.45) is -2.96. The molecule has 3 aromatic rings. The van der Waals surface area contributed by atoms with Crippen LogP contribution in [0, 0.1) is 0 Å². The molecular formula is C25H24F3N5O4. The Hall–Kier alpha value is -4.61. The number of anilines is 4. The van der Waals surface area contributed by atoms with Gasteiger partial charge in [0.1, 0.15) is 5.82 Å². The van der Waals surface area contributed by atoms with Crippen LogP contribution >= 0.6 is 0 Å². The zero-order valence-corrected chi connectivity index (χ0v) is 19.7. The molecule has 3 rings (SSSR count). The average Bonchev–Trinajstić information content (AvgIpc) is 2.83. The van der Waals surface area contributed by atoms with E-state index < -0.39 is 29.6 Å². The predicted octanol–water partition coefficient (Wildman–Crippen LogP) is 5.02. The van der Waals surface area contributed by atoms with Crippen LogP contribution in [0.1, 0.15) is 34.8 Å². The van der Waals surface area contributed by atoms with E-state index in [1.54, 1.807) is 31.2 Å². The number of pyridine rings is 1. The molecular weight excluding hydrogens is 491 g/mol. The topological polar surface area (TPSA) is 138 Å². The molecule has 0 spiro atoms. The number of aryl methyl sites for hydroxylation is 1. The number of carboxylic acid groups (broad SMARTS) is 1. The SMILES string of the molecule is CCN(C(N)=O)c1cc(Nc2ccc(C(F)(F)F)cc2)c(C(=O)Nc2ccc(CCC(=O)O)cc2)cn1. The van der Waals surface area contributed by atoms with Crippen molar-refractivity contribution in [2.75, 3.05) is 22.1 Å². The molecule has 9 nitrogen and oxygen atoms in total. The number of hydrogen-bond donors (Lipinski definition) is 4. The van der Waals surface area contributed by atoms with Gasteiger partial charge >= 0.3 is 18.2 Å². The van der Waals surface area contributed by atoms with Crippen LogP contribution in [0.3, 0.4) is 0 Å². The third kappa shape index (κ3) is 7.19. The highest BCUT2D eigenvalue weighted by Gasteiger charge is 2.30. The summed E-state index contributed by atoms with van der Waals surface area (Å²) < 4.78 is 38.8. The van der Waals surface area contributed by atoms with Gasteiger partial charge in [-0.15, -0.1) is 0 Å². The van der Waals surface area contributed by atoms with Gasteiger partial charge < -0.3 is 21.5 Å². The number of nitrogens with two attached hydrogens (primary N) is 1. The monoisotopic (exact) mass is 515 g/mol. The maximum Gasteiger partial charge on any atom is 0.416 e. The van der Waals surface area contributed by atoms with E-state index >= 15 is 0 Å². The molecule has 0 bridgehead atoms. The summed E-state index contributed by atoms with van der Waals surface area (Å²) in [4.78, 5) is 40.9. The average molecular weight is 515 g/mol. The number of amides is 3. The van der Waals surface area contributed by atoms with Crippen LogP contribution in [0.2, 0.25) is 0 Å². The number of carbonyl (C=O) groups excluding carboxylic acids is 2. The second-order valence-electron chi connectivity index (χ2n) is 7.92. The number of urea groups is 1. The molecule has 0 aliphatic heterocycles. The van der Waals surface area contributed by atoms with Crippen molar-refractivity contribution in [1.82, 2.24) is 4.98 Å². The van der Waals surface area contributed by atoms with Crippen LogP contribution in [-0.4, -0.2) is 34.5 Å². The summed E-state index contributed by atoms with van der Waals surface area (Å²) in [5.41, 5.74) is 6.28. The molecule has 5 N–H and O–H groups in total. The van der Waals surface area contributed by atoms with Crippen LogP contribution in [0.5, 0.6) is 0 Å². The molecule has 194 valence electrons. The molecule has 0 atom stereocenters. The Morgan fingerprint density at radius 1 is 1.03 bits per heavy atom. The number of carbonyl (C=O) groups is 3. The quantitative estimate of drug-likeness (QED) is 0.316. The standard InChI is InChI=1S/C25H24F3N5O4/c1-2-33(24(29)37)21-13-20(31-17-10-6-16(7-11-17)25(26,27)28)19(14-30-21)23(36)32-18-8-3-15(4-9-18)5-12-22(34)35/h3-4,6-11,13-14H,2,5,12H2,1H3,(H2,29,37)(H,30,31)(H,32,36)(H,34,35). The van der Waals surface area contributed by atoms with Gasteiger partial charge in [-0.25, -0.2) is 9.78 Å². The summed E-state index contributed by atoms with van der Waals surface area (Å²) in [5.74, 6) is -1.35. The molecule has 0 unspecified atom stereocenters. The van der Waals surface area contributed by atoms with Crippen molar-refractivity contribution in [2.45, 2.75) is 25.9 Å². The molecule has 12 heteroatoms. The third-order valence-electron chi connectivity index (χ3n) is 5.32. The van der Waals surface area contributed by atoms with Gasteiger partial charge in [0.2, 0.25) is 0 Å². The van der Waals surface area contributed by atoms with Gasteiger partial charge in [-0.3, -0.25) is 14.5 Å². The lowest BCUT2D eigenvalue weighted by molar-refractivity contribution is -0.138. The third-order valence-corrected chi connectivity index (χ3v) is 5.32. The Bertz CT molecular complexity index is 1280. The van der Waals surface area contributed by atoms with Crippen LogP contribution in [-0.2, 0) is 17.4 Å². The number of halogens is 3. The van der Waals surface area contributed by atoms with Gasteiger partial charge in [0.05, 0.1) is 16.8 Å². The van der Waals surface area contributed by atoms with Crippen LogP contribution in [0.15, 0.2) is 60.8 Å². The highest BCUT2D eigenvalue weighted by molar-refractivity contribution is 6.08. The molecule has 37 heavy (non-hydrogen) atoms. The number of hydrogen-bond acceptors (Lipinski definition) is 5. The first-order valence-electron chi connectivity index (χ1n) is 11.1. The number of nitrogens with zero attached hydrogens (tertiary/aromatic N) is 2. The van der Waals surface area contributed by atoms with Crippen LogP contribution in [0.25, 0.3) is 0 Å². The number of aliphatic carboxylic acids is 1. The van der Waals surface area contributed by atoms with E-state index in [0.717, 1.165) is 22.6 Å². The summed E-state index contributed by atoms with van der Waals surface area (Å²) in [6.45, 7) is 1.87. The molecule has 2 aromatic carbocycles. The van der Waals surface area contributed by atoms with Crippen molar-refractivity contribution < 1.29 is 32.7 Å². The molecule has 0 fully saturated rings. The minimum Gasteiger partial charge on any atom is -0.481 e. The first-order chi connectivity index (χ1) is 17.5. The lowest BCUT2D eigenvalue weighted by atomic mass is 10.1. The lowest BCUT2D eigenvalue weighted by Gasteiger charge is -2.20. The number of primary amides is 1. The number of alkyl halides is 3. The van der Waals surface area contributed by atoms with Crippen LogP contribution < -0.4 is 21.3 Å².